The molecule has 0 fully saturated rings. The van der Waals surface area contributed by atoms with Crippen LogP contribution < -0.4 is 10.1 Å². The second-order valence-corrected chi connectivity index (χ2v) is 5.44. The van der Waals surface area contributed by atoms with Gasteiger partial charge in [0.25, 0.3) is 0 Å². The van der Waals surface area contributed by atoms with Crippen molar-refractivity contribution in [1.82, 2.24) is 5.32 Å². The summed E-state index contributed by atoms with van der Waals surface area (Å²) in [5, 5.41) is 4.15. The lowest BCUT2D eigenvalue weighted by Gasteiger charge is -2.18. The first kappa shape index (κ1) is 15.3. The van der Waals surface area contributed by atoms with Gasteiger partial charge in [0.1, 0.15) is 5.75 Å². The third-order valence-electron chi connectivity index (χ3n) is 2.75. The summed E-state index contributed by atoms with van der Waals surface area (Å²) in [4.78, 5) is 0. The molecule has 3 heteroatoms. The van der Waals surface area contributed by atoms with Gasteiger partial charge in [-0.05, 0) is 31.5 Å². The second-order valence-electron chi connectivity index (χ2n) is 5.00. The van der Waals surface area contributed by atoms with Gasteiger partial charge in [-0.15, -0.1) is 0 Å². The van der Waals surface area contributed by atoms with Crippen molar-refractivity contribution < 1.29 is 4.74 Å². The molecule has 1 aromatic carbocycles. The Balaban J connectivity index is 2.75. The van der Waals surface area contributed by atoms with Crippen LogP contribution in [0.1, 0.15) is 46.1 Å². The highest BCUT2D eigenvalue weighted by molar-refractivity contribution is 6.30. The summed E-state index contributed by atoms with van der Waals surface area (Å²) in [6.07, 6.45) is 2.45. The maximum Gasteiger partial charge on any atom is 0.124 e. The molecular weight excluding hydrogens is 246 g/mol. The Hall–Kier alpha value is -0.730. The van der Waals surface area contributed by atoms with Crippen LogP contribution in [0.4, 0.5) is 0 Å². The number of ether oxygens (including phenoxy) is 1. The molecule has 1 N–H and O–H groups in total. The minimum atomic E-state index is 0.244. The van der Waals surface area contributed by atoms with E-state index in [9.17, 15) is 0 Å². The van der Waals surface area contributed by atoms with Gasteiger partial charge >= 0.3 is 0 Å². The standard InChI is InChI=1S/C15H24ClNO/c1-5-6-12(4)18-15-8-7-14(16)9-13(15)10-17-11(2)3/h7-9,11-12,17H,5-6,10H2,1-4H3. The fourth-order valence-corrected chi connectivity index (χ4v) is 1.99. The van der Waals surface area contributed by atoms with Crippen LogP contribution in [-0.2, 0) is 6.54 Å². The van der Waals surface area contributed by atoms with Crippen LogP contribution in [0.2, 0.25) is 5.02 Å². The molecule has 0 aromatic heterocycles. The molecule has 1 unspecified atom stereocenters. The molecule has 0 saturated carbocycles. The maximum atomic E-state index is 6.05. The highest BCUT2D eigenvalue weighted by Gasteiger charge is 2.09. The fraction of sp³-hybridized carbons (Fsp3) is 0.600. The molecule has 0 bridgehead atoms. The Labute approximate surface area is 116 Å². The largest absolute Gasteiger partial charge is 0.490 e. The second kappa shape index (κ2) is 7.65. The average molecular weight is 270 g/mol. The van der Waals surface area contributed by atoms with Crippen molar-refractivity contribution >= 4 is 11.6 Å². The zero-order valence-corrected chi connectivity index (χ0v) is 12.6. The van der Waals surface area contributed by atoms with Gasteiger partial charge in [0.15, 0.2) is 0 Å². The molecular formula is C15H24ClNO. The summed E-state index contributed by atoms with van der Waals surface area (Å²) in [6, 6.07) is 6.27. The molecule has 18 heavy (non-hydrogen) atoms. The summed E-state index contributed by atoms with van der Waals surface area (Å²) < 4.78 is 5.97. The van der Waals surface area contributed by atoms with E-state index < -0.39 is 0 Å². The van der Waals surface area contributed by atoms with Crippen molar-refractivity contribution in [3.8, 4) is 5.75 Å². The van der Waals surface area contributed by atoms with E-state index in [4.69, 9.17) is 16.3 Å². The number of halogens is 1. The van der Waals surface area contributed by atoms with E-state index in [0.29, 0.717) is 6.04 Å². The van der Waals surface area contributed by atoms with E-state index in [2.05, 4.69) is 33.0 Å². The van der Waals surface area contributed by atoms with E-state index in [-0.39, 0.29) is 6.10 Å². The molecule has 0 aliphatic heterocycles. The third-order valence-corrected chi connectivity index (χ3v) is 2.98. The van der Waals surface area contributed by atoms with Gasteiger partial charge in [-0.1, -0.05) is 38.8 Å². The molecule has 0 radical (unpaired) electrons. The van der Waals surface area contributed by atoms with Crippen LogP contribution in [0.5, 0.6) is 5.75 Å². The molecule has 102 valence electrons. The summed E-state index contributed by atoms with van der Waals surface area (Å²) in [5.74, 6) is 0.938. The maximum absolute atomic E-state index is 6.05. The Kier molecular flexibility index (Phi) is 6.51. The highest BCUT2D eigenvalue weighted by atomic mass is 35.5. The molecule has 1 aromatic rings. The first-order valence-electron chi connectivity index (χ1n) is 6.71. The number of rotatable bonds is 7. The summed E-state index contributed by atoms with van der Waals surface area (Å²) in [6.45, 7) is 9.32. The summed E-state index contributed by atoms with van der Waals surface area (Å²) in [5.41, 5.74) is 1.12. The Bertz CT molecular complexity index is 366. The van der Waals surface area contributed by atoms with Crippen LogP contribution >= 0.6 is 11.6 Å². The van der Waals surface area contributed by atoms with Gasteiger partial charge in [0.05, 0.1) is 6.10 Å². The summed E-state index contributed by atoms with van der Waals surface area (Å²) >= 11 is 6.05. The van der Waals surface area contributed by atoms with Gasteiger partial charge in [-0.3, -0.25) is 0 Å². The van der Waals surface area contributed by atoms with Gasteiger partial charge < -0.3 is 10.1 Å². The van der Waals surface area contributed by atoms with Crippen molar-refractivity contribution in [1.29, 1.82) is 0 Å². The van der Waals surface area contributed by atoms with E-state index in [0.717, 1.165) is 35.7 Å². The first-order chi connectivity index (χ1) is 8.52. The van der Waals surface area contributed by atoms with Gasteiger partial charge in [0.2, 0.25) is 0 Å². The molecule has 1 atom stereocenters. The van der Waals surface area contributed by atoms with E-state index in [1.807, 2.05) is 18.2 Å². The SMILES string of the molecule is CCCC(C)Oc1ccc(Cl)cc1CNC(C)C. The molecule has 0 heterocycles. The lowest BCUT2D eigenvalue weighted by Crippen LogP contribution is -2.22. The minimum absolute atomic E-state index is 0.244. The van der Waals surface area contributed by atoms with Crippen LogP contribution in [0, 0.1) is 0 Å². The number of benzene rings is 1. The Morgan fingerprint density at radius 1 is 1.28 bits per heavy atom. The van der Waals surface area contributed by atoms with Crippen molar-refractivity contribution in [2.45, 2.75) is 59.2 Å². The van der Waals surface area contributed by atoms with Crippen LogP contribution in [0.15, 0.2) is 18.2 Å². The zero-order valence-electron chi connectivity index (χ0n) is 11.8. The zero-order chi connectivity index (χ0) is 13.5. The lowest BCUT2D eigenvalue weighted by atomic mass is 10.1. The van der Waals surface area contributed by atoms with Crippen LogP contribution in [-0.4, -0.2) is 12.1 Å². The van der Waals surface area contributed by atoms with E-state index in [1.165, 1.54) is 0 Å². The Morgan fingerprint density at radius 3 is 2.61 bits per heavy atom. The smallest absolute Gasteiger partial charge is 0.124 e. The van der Waals surface area contributed by atoms with Crippen molar-refractivity contribution in [3.05, 3.63) is 28.8 Å². The van der Waals surface area contributed by atoms with Crippen molar-refractivity contribution in [2.24, 2.45) is 0 Å². The third kappa shape index (κ3) is 5.28. The number of nitrogens with one attached hydrogen (secondary N) is 1. The quantitative estimate of drug-likeness (QED) is 0.792. The average Bonchev–Trinajstić information content (AvgIpc) is 2.29. The van der Waals surface area contributed by atoms with E-state index in [1.54, 1.807) is 0 Å². The monoisotopic (exact) mass is 269 g/mol. The molecule has 0 spiro atoms. The van der Waals surface area contributed by atoms with E-state index >= 15 is 0 Å². The normalized spacial score (nSPS) is 12.8. The number of hydrogen-bond donors (Lipinski definition) is 1. The highest BCUT2D eigenvalue weighted by Crippen LogP contribution is 2.24. The molecule has 1 rings (SSSR count). The van der Waals surface area contributed by atoms with Gasteiger partial charge in [0, 0.05) is 23.2 Å². The first-order valence-corrected chi connectivity index (χ1v) is 7.09. The topological polar surface area (TPSA) is 21.3 Å². The van der Waals surface area contributed by atoms with Crippen molar-refractivity contribution in [3.63, 3.8) is 0 Å². The molecule has 2 nitrogen and oxygen atoms in total. The predicted octanol–water partition coefficient (Wildman–Crippen LogP) is 4.41. The van der Waals surface area contributed by atoms with Gasteiger partial charge in [-0.25, -0.2) is 0 Å². The molecule has 0 amide bonds. The summed E-state index contributed by atoms with van der Waals surface area (Å²) in [7, 11) is 0. The lowest BCUT2D eigenvalue weighted by molar-refractivity contribution is 0.207. The fourth-order valence-electron chi connectivity index (χ4n) is 1.80. The van der Waals surface area contributed by atoms with Crippen molar-refractivity contribution in [2.75, 3.05) is 0 Å². The van der Waals surface area contributed by atoms with Crippen LogP contribution in [0.3, 0.4) is 0 Å². The van der Waals surface area contributed by atoms with Crippen LogP contribution in [0.25, 0.3) is 0 Å². The Morgan fingerprint density at radius 2 is 2.00 bits per heavy atom. The predicted molar refractivity (Wildman–Crippen MR) is 78.4 cm³/mol. The minimum Gasteiger partial charge on any atom is -0.490 e. The molecule has 0 aliphatic carbocycles. The molecule has 0 aliphatic rings. The molecule has 0 saturated heterocycles. The van der Waals surface area contributed by atoms with Gasteiger partial charge in [-0.2, -0.15) is 0 Å². The number of hydrogen-bond acceptors (Lipinski definition) is 2.